The Hall–Kier alpha value is -0.0300. The maximum absolute atomic E-state index is 5.63. The van der Waals surface area contributed by atoms with E-state index in [4.69, 9.17) is 4.42 Å². The molecule has 0 amide bonds. The lowest BCUT2D eigenvalue weighted by atomic mass is 9.69. The molecule has 2 fully saturated rings. The summed E-state index contributed by atoms with van der Waals surface area (Å²) in [5.74, 6) is 1.96. The molecular formula is C15H22INO. The van der Waals surface area contributed by atoms with E-state index in [1.807, 2.05) is 6.07 Å². The van der Waals surface area contributed by atoms with Gasteiger partial charge in [-0.15, -0.1) is 0 Å². The summed E-state index contributed by atoms with van der Waals surface area (Å²) in [5.41, 5.74) is 0.944. The molecule has 0 saturated heterocycles. The van der Waals surface area contributed by atoms with E-state index in [0.29, 0.717) is 16.9 Å². The van der Waals surface area contributed by atoms with Crippen LogP contribution in [0.25, 0.3) is 0 Å². The first-order valence-corrected chi connectivity index (χ1v) is 7.99. The van der Waals surface area contributed by atoms with Crippen LogP contribution in [0.15, 0.2) is 16.5 Å². The fourth-order valence-electron chi connectivity index (χ4n) is 4.18. The van der Waals surface area contributed by atoms with Gasteiger partial charge in [0.1, 0.15) is 5.76 Å². The van der Waals surface area contributed by atoms with Crippen LogP contribution in [0, 0.1) is 20.5 Å². The summed E-state index contributed by atoms with van der Waals surface area (Å²) in [5, 5.41) is 3.74. The number of nitrogens with one attached hydrogen (secondary N) is 1. The number of fused-ring (bicyclic) bond motifs is 2. The van der Waals surface area contributed by atoms with Crippen LogP contribution in [-0.2, 0) is 6.54 Å². The second-order valence-electron chi connectivity index (χ2n) is 6.75. The topological polar surface area (TPSA) is 25.2 Å². The van der Waals surface area contributed by atoms with Crippen molar-refractivity contribution in [1.82, 2.24) is 5.32 Å². The molecule has 2 aliphatic carbocycles. The number of hydrogen-bond donors (Lipinski definition) is 1. The number of rotatable bonds is 3. The molecule has 1 N–H and O–H groups in total. The molecule has 2 aliphatic rings. The Morgan fingerprint density at radius 3 is 2.67 bits per heavy atom. The SMILES string of the molecule is CC1(C)C2CCC1(C)C(NCc1ccc(I)o1)C2. The summed E-state index contributed by atoms with van der Waals surface area (Å²) in [4.78, 5) is 0. The van der Waals surface area contributed by atoms with Crippen molar-refractivity contribution in [3.8, 4) is 0 Å². The van der Waals surface area contributed by atoms with Crippen molar-refractivity contribution >= 4 is 22.6 Å². The van der Waals surface area contributed by atoms with Gasteiger partial charge in [0.05, 0.1) is 6.54 Å². The molecular weight excluding hydrogens is 337 g/mol. The Balaban J connectivity index is 1.69. The van der Waals surface area contributed by atoms with Crippen molar-refractivity contribution < 1.29 is 4.42 Å². The van der Waals surface area contributed by atoms with Crippen molar-refractivity contribution in [2.45, 2.75) is 52.6 Å². The molecule has 0 radical (unpaired) electrons. The monoisotopic (exact) mass is 359 g/mol. The molecule has 1 heterocycles. The second kappa shape index (κ2) is 4.23. The number of hydrogen-bond acceptors (Lipinski definition) is 2. The summed E-state index contributed by atoms with van der Waals surface area (Å²) in [6, 6.07) is 4.76. The van der Waals surface area contributed by atoms with E-state index >= 15 is 0 Å². The highest BCUT2D eigenvalue weighted by atomic mass is 127. The summed E-state index contributed by atoms with van der Waals surface area (Å²) < 4.78 is 6.61. The van der Waals surface area contributed by atoms with E-state index in [1.54, 1.807) is 0 Å². The Labute approximate surface area is 123 Å². The van der Waals surface area contributed by atoms with Gasteiger partial charge < -0.3 is 9.73 Å². The molecule has 2 bridgehead atoms. The number of furan rings is 1. The van der Waals surface area contributed by atoms with Gasteiger partial charge in [0.25, 0.3) is 0 Å². The zero-order chi connectivity index (χ0) is 13.0. The van der Waals surface area contributed by atoms with Crippen LogP contribution in [0.4, 0.5) is 0 Å². The van der Waals surface area contributed by atoms with Crippen molar-refractivity contribution in [2.24, 2.45) is 16.7 Å². The summed E-state index contributed by atoms with van der Waals surface area (Å²) in [7, 11) is 0. The highest BCUT2D eigenvalue weighted by Gasteiger charge is 2.60. The van der Waals surface area contributed by atoms with Gasteiger partial charge in [-0.1, -0.05) is 20.8 Å². The van der Waals surface area contributed by atoms with Crippen molar-refractivity contribution in [1.29, 1.82) is 0 Å². The first-order chi connectivity index (χ1) is 8.43. The van der Waals surface area contributed by atoms with E-state index < -0.39 is 0 Å². The quantitative estimate of drug-likeness (QED) is 0.819. The van der Waals surface area contributed by atoms with Crippen LogP contribution >= 0.6 is 22.6 Å². The molecule has 18 heavy (non-hydrogen) atoms. The molecule has 2 nitrogen and oxygen atoms in total. The fraction of sp³-hybridized carbons (Fsp3) is 0.733. The second-order valence-corrected chi connectivity index (χ2v) is 7.81. The first-order valence-electron chi connectivity index (χ1n) is 6.91. The molecule has 0 aromatic carbocycles. The van der Waals surface area contributed by atoms with Gasteiger partial charge in [0.15, 0.2) is 3.77 Å². The van der Waals surface area contributed by atoms with Gasteiger partial charge in [-0.2, -0.15) is 0 Å². The molecule has 2 saturated carbocycles. The molecule has 3 rings (SSSR count). The minimum atomic E-state index is 0.456. The lowest BCUT2D eigenvalue weighted by molar-refractivity contribution is 0.119. The lowest BCUT2D eigenvalue weighted by Crippen LogP contribution is -2.44. The van der Waals surface area contributed by atoms with Crippen LogP contribution in [0.1, 0.15) is 45.8 Å². The zero-order valence-electron chi connectivity index (χ0n) is 11.4. The minimum Gasteiger partial charge on any atom is -0.454 e. The van der Waals surface area contributed by atoms with Crippen LogP contribution in [0.5, 0.6) is 0 Å². The highest BCUT2D eigenvalue weighted by molar-refractivity contribution is 14.1. The molecule has 3 unspecified atom stereocenters. The standard InChI is InChI=1S/C15H22INO/c1-14(2)10-6-7-15(14,3)12(8-10)17-9-11-4-5-13(16)18-11/h4-5,10,12,17H,6-9H2,1-3H3. The molecule has 1 aromatic heterocycles. The molecule has 3 atom stereocenters. The minimum absolute atomic E-state index is 0.456. The Kier molecular flexibility index (Phi) is 3.05. The molecule has 0 spiro atoms. The van der Waals surface area contributed by atoms with E-state index in [1.165, 1.54) is 19.3 Å². The maximum atomic E-state index is 5.63. The first kappa shape index (κ1) is 13.0. The molecule has 100 valence electrons. The molecule has 0 aliphatic heterocycles. The summed E-state index contributed by atoms with van der Waals surface area (Å²) >= 11 is 2.22. The summed E-state index contributed by atoms with van der Waals surface area (Å²) in [6.45, 7) is 8.26. The maximum Gasteiger partial charge on any atom is 0.164 e. The predicted molar refractivity (Wildman–Crippen MR) is 81.3 cm³/mol. The smallest absolute Gasteiger partial charge is 0.164 e. The van der Waals surface area contributed by atoms with E-state index in [2.05, 4.69) is 54.7 Å². The fourth-order valence-corrected chi connectivity index (χ4v) is 4.65. The predicted octanol–water partition coefficient (Wildman–Crippen LogP) is 4.19. The van der Waals surface area contributed by atoms with Gasteiger partial charge in [-0.25, -0.2) is 0 Å². The van der Waals surface area contributed by atoms with Crippen LogP contribution in [0.3, 0.4) is 0 Å². The Morgan fingerprint density at radius 2 is 2.17 bits per heavy atom. The Morgan fingerprint density at radius 1 is 1.39 bits per heavy atom. The average Bonchev–Trinajstić information content (AvgIpc) is 2.87. The zero-order valence-corrected chi connectivity index (χ0v) is 13.6. The highest BCUT2D eigenvalue weighted by Crippen LogP contribution is 2.65. The van der Waals surface area contributed by atoms with Gasteiger partial charge in [0.2, 0.25) is 0 Å². The largest absolute Gasteiger partial charge is 0.454 e. The average molecular weight is 359 g/mol. The van der Waals surface area contributed by atoms with Gasteiger partial charge in [0, 0.05) is 6.04 Å². The van der Waals surface area contributed by atoms with Gasteiger partial charge in [-0.05, 0) is 70.7 Å². The summed E-state index contributed by atoms with van der Waals surface area (Å²) in [6.07, 6.45) is 4.12. The van der Waals surface area contributed by atoms with Gasteiger partial charge in [-0.3, -0.25) is 0 Å². The lowest BCUT2D eigenvalue weighted by Gasteiger charge is -2.39. The van der Waals surface area contributed by atoms with Crippen molar-refractivity contribution in [3.05, 3.63) is 21.7 Å². The van der Waals surface area contributed by atoms with Crippen molar-refractivity contribution in [3.63, 3.8) is 0 Å². The normalized spacial score (nSPS) is 37.3. The van der Waals surface area contributed by atoms with Crippen LogP contribution in [0.2, 0.25) is 0 Å². The third-order valence-electron chi connectivity index (χ3n) is 5.95. The van der Waals surface area contributed by atoms with Crippen LogP contribution < -0.4 is 5.32 Å². The van der Waals surface area contributed by atoms with Gasteiger partial charge >= 0.3 is 0 Å². The van der Waals surface area contributed by atoms with E-state index in [9.17, 15) is 0 Å². The van der Waals surface area contributed by atoms with E-state index in [-0.39, 0.29) is 0 Å². The molecule has 3 heteroatoms. The number of halogens is 1. The molecule has 1 aromatic rings. The third-order valence-corrected chi connectivity index (χ3v) is 6.53. The van der Waals surface area contributed by atoms with E-state index in [0.717, 1.165) is 22.0 Å². The van der Waals surface area contributed by atoms with Crippen LogP contribution in [-0.4, -0.2) is 6.04 Å². The Bertz CT molecular complexity index is 453. The third kappa shape index (κ3) is 1.77. The van der Waals surface area contributed by atoms with Crippen molar-refractivity contribution in [2.75, 3.05) is 0 Å².